The van der Waals surface area contributed by atoms with Crippen LogP contribution in [0.15, 0.2) is 23.4 Å². The fourth-order valence-corrected chi connectivity index (χ4v) is 3.66. The highest BCUT2D eigenvalue weighted by atomic mass is 16.7. The Morgan fingerprint density at radius 1 is 0.812 bits per heavy atom. The van der Waals surface area contributed by atoms with Crippen LogP contribution in [0.5, 0.6) is 23.0 Å². The minimum atomic E-state index is -0.389. The fraction of sp³-hybridized carbons (Fsp3) is 0.520. The molecular weight excluding hydrogens is 410 g/mol. The van der Waals surface area contributed by atoms with Gasteiger partial charge in [-0.25, -0.2) is 4.79 Å². The first-order valence-corrected chi connectivity index (χ1v) is 11.1. The summed E-state index contributed by atoms with van der Waals surface area (Å²) in [5, 5.41) is 5.68. The number of ether oxygens (including phenoxy) is 4. The largest absolute Gasteiger partial charge is 0.496 e. The molecule has 0 fully saturated rings. The van der Waals surface area contributed by atoms with E-state index in [-0.39, 0.29) is 12.4 Å². The quantitative estimate of drug-likeness (QED) is 0.166. The van der Waals surface area contributed by atoms with E-state index in [1.54, 1.807) is 35.4 Å². The highest BCUT2D eigenvalue weighted by Gasteiger charge is 2.23. The van der Waals surface area contributed by atoms with Gasteiger partial charge in [0.1, 0.15) is 23.0 Å². The molecule has 0 aromatic heterocycles. The second kappa shape index (κ2) is 12.8. The highest BCUT2D eigenvalue weighted by Crippen LogP contribution is 2.46. The van der Waals surface area contributed by atoms with Crippen molar-refractivity contribution < 1.29 is 28.6 Å². The molecule has 0 bridgehead atoms. The zero-order chi connectivity index (χ0) is 23.5. The summed E-state index contributed by atoms with van der Waals surface area (Å²) in [4.78, 5) is 17.0. The lowest BCUT2D eigenvalue weighted by atomic mass is 9.96. The standard InChI is InChI=1S/C25H35NO6/c1-7-9-10-11-12-13-18(26-32-22(27)8-2)17-16-21(30-5)23-19(28-3)14-15-20(29-4)24(23)25(17)31-6/h14-16H,7-13H2,1-6H3. The summed E-state index contributed by atoms with van der Waals surface area (Å²) >= 11 is 0. The third-order valence-electron chi connectivity index (χ3n) is 5.36. The molecule has 176 valence electrons. The third kappa shape index (κ3) is 5.84. The van der Waals surface area contributed by atoms with Crippen molar-refractivity contribution in [2.45, 2.75) is 58.8 Å². The summed E-state index contributed by atoms with van der Waals surface area (Å²) in [5.41, 5.74) is 1.33. The van der Waals surface area contributed by atoms with Crippen molar-refractivity contribution >= 4 is 22.5 Å². The molecule has 0 atom stereocenters. The molecule has 2 aromatic rings. The smallest absolute Gasteiger partial charge is 0.334 e. The summed E-state index contributed by atoms with van der Waals surface area (Å²) in [7, 11) is 6.41. The van der Waals surface area contributed by atoms with Crippen LogP contribution in [0.4, 0.5) is 0 Å². The SMILES string of the molecule is CCCCCCCC(=NOC(=O)CC)c1cc(OC)c2c(OC)ccc(OC)c2c1OC. The van der Waals surface area contributed by atoms with Gasteiger partial charge in [-0.2, -0.15) is 0 Å². The van der Waals surface area contributed by atoms with Gasteiger partial charge in [-0.05, 0) is 31.0 Å². The molecule has 0 aliphatic rings. The van der Waals surface area contributed by atoms with Gasteiger partial charge in [0.05, 0.1) is 44.9 Å². The van der Waals surface area contributed by atoms with Gasteiger partial charge in [-0.3, -0.25) is 0 Å². The lowest BCUT2D eigenvalue weighted by Crippen LogP contribution is -2.09. The van der Waals surface area contributed by atoms with Crippen LogP contribution in [-0.2, 0) is 9.63 Å². The molecule has 0 saturated heterocycles. The molecule has 0 spiro atoms. The number of carbonyl (C=O) groups excluding carboxylic acids is 1. The number of benzene rings is 2. The van der Waals surface area contributed by atoms with Crippen LogP contribution in [0.2, 0.25) is 0 Å². The Hall–Kier alpha value is -2.96. The number of hydrogen-bond acceptors (Lipinski definition) is 7. The molecule has 0 amide bonds. The summed E-state index contributed by atoms with van der Waals surface area (Å²) in [5.74, 6) is 2.02. The van der Waals surface area contributed by atoms with E-state index in [1.165, 1.54) is 12.8 Å². The van der Waals surface area contributed by atoms with Gasteiger partial charge in [0.2, 0.25) is 0 Å². The van der Waals surface area contributed by atoms with Crippen molar-refractivity contribution in [1.82, 2.24) is 0 Å². The Morgan fingerprint density at radius 2 is 1.44 bits per heavy atom. The number of rotatable bonds is 13. The number of fused-ring (bicyclic) bond motifs is 1. The molecule has 0 heterocycles. The second-order valence-corrected chi connectivity index (χ2v) is 7.40. The minimum Gasteiger partial charge on any atom is -0.496 e. The third-order valence-corrected chi connectivity index (χ3v) is 5.36. The van der Waals surface area contributed by atoms with Crippen molar-refractivity contribution in [3.05, 3.63) is 23.8 Å². The molecule has 2 aromatic carbocycles. The molecule has 2 rings (SSSR count). The molecule has 32 heavy (non-hydrogen) atoms. The molecule has 0 saturated carbocycles. The van der Waals surface area contributed by atoms with Gasteiger partial charge >= 0.3 is 5.97 Å². The molecule has 7 heteroatoms. The van der Waals surface area contributed by atoms with E-state index in [2.05, 4.69) is 12.1 Å². The van der Waals surface area contributed by atoms with Gasteiger partial charge < -0.3 is 23.8 Å². The predicted octanol–water partition coefficient (Wildman–Crippen LogP) is 5.89. The number of hydrogen-bond donors (Lipinski definition) is 0. The Balaban J connectivity index is 2.67. The van der Waals surface area contributed by atoms with E-state index in [4.69, 9.17) is 23.8 Å². The zero-order valence-corrected chi connectivity index (χ0v) is 20.1. The van der Waals surface area contributed by atoms with Gasteiger partial charge in [-0.1, -0.05) is 44.7 Å². The Kier molecular flexibility index (Phi) is 10.1. The van der Waals surface area contributed by atoms with Crippen molar-refractivity contribution in [2.75, 3.05) is 28.4 Å². The van der Waals surface area contributed by atoms with Crippen LogP contribution in [0.1, 0.15) is 64.4 Å². The topological polar surface area (TPSA) is 75.6 Å². The molecule has 0 N–H and O–H groups in total. The fourth-order valence-electron chi connectivity index (χ4n) is 3.66. The van der Waals surface area contributed by atoms with Crippen LogP contribution in [0.3, 0.4) is 0 Å². The lowest BCUT2D eigenvalue weighted by molar-refractivity contribution is -0.143. The molecule has 7 nitrogen and oxygen atoms in total. The molecule has 0 unspecified atom stereocenters. The Bertz CT molecular complexity index is 938. The van der Waals surface area contributed by atoms with Crippen molar-refractivity contribution in [1.29, 1.82) is 0 Å². The number of methoxy groups -OCH3 is 4. The second-order valence-electron chi connectivity index (χ2n) is 7.40. The summed E-state index contributed by atoms with van der Waals surface area (Å²) < 4.78 is 22.8. The van der Waals surface area contributed by atoms with Gasteiger partial charge in [0.25, 0.3) is 0 Å². The average molecular weight is 446 g/mol. The highest BCUT2D eigenvalue weighted by molar-refractivity contribution is 6.12. The molecule has 0 radical (unpaired) electrons. The normalized spacial score (nSPS) is 11.4. The Labute approximate surface area is 190 Å². The maximum absolute atomic E-state index is 11.8. The monoisotopic (exact) mass is 445 g/mol. The number of carbonyl (C=O) groups is 1. The lowest BCUT2D eigenvalue weighted by Gasteiger charge is -2.19. The first-order valence-electron chi connectivity index (χ1n) is 11.1. The maximum atomic E-state index is 11.8. The van der Waals surface area contributed by atoms with Crippen molar-refractivity contribution in [2.24, 2.45) is 5.16 Å². The van der Waals surface area contributed by atoms with E-state index >= 15 is 0 Å². The first kappa shape index (κ1) is 25.3. The van der Waals surface area contributed by atoms with Crippen LogP contribution in [-0.4, -0.2) is 40.1 Å². The van der Waals surface area contributed by atoms with Crippen molar-refractivity contribution in [3.63, 3.8) is 0 Å². The van der Waals surface area contributed by atoms with Crippen LogP contribution >= 0.6 is 0 Å². The zero-order valence-electron chi connectivity index (χ0n) is 20.1. The first-order chi connectivity index (χ1) is 15.6. The minimum absolute atomic E-state index is 0.247. The number of nitrogens with zero attached hydrogens (tertiary/aromatic N) is 1. The number of oxime groups is 1. The van der Waals surface area contributed by atoms with Crippen LogP contribution < -0.4 is 18.9 Å². The maximum Gasteiger partial charge on any atom is 0.334 e. The molecular formula is C25H35NO6. The van der Waals surface area contributed by atoms with E-state index in [0.717, 1.165) is 24.6 Å². The number of unbranched alkanes of at least 4 members (excludes halogenated alkanes) is 4. The van der Waals surface area contributed by atoms with Gasteiger partial charge in [-0.15, -0.1) is 0 Å². The molecule has 0 aliphatic carbocycles. The van der Waals surface area contributed by atoms with Gasteiger partial charge in [0, 0.05) is 12.0 Å². The average Bonchev–Trinajstić information content (AvgIpc) is 2.83. The predicted molar refractivity (Wildman–Crippen MR) is 126 cm³/mol. The van der Waals surface area contributed by atoms with E-state index in [9.17, 15) is 4.79 Å². The molecule has 0 aliphatic heterocycles. The van der Waals surface area contributed by atoms with Gasteiger partial charge in [0.15, 0.2) is 0 Å². The van der Waals surface area contributed by atoms with Crippen molar-refractivity contribution in [3.8, 4) is 23.0 Å². The summed E-state index contributed by atoms with van der Waals surface area (Å²) in [6, 6.07) is 5.51. The van der Waals surface area contributed by atoms with Crippen LogP contribution in [0.25, 0.3) is 10.8 Å². The van der Waals surface area contributed by atoms with Crippen LogP contribution in [0, 0.1) is 0 Å². The van der Waals surface area contributed by atoms with E-state index < -0.39 is 0 Å². The van der Waals surface area contributed by atoms with E-state index in [0.29, 0.717) is 46.1 Å². The summed E-state index contributed by atoms with van der Waals surface area (Å²) in [6.07, 6.45) is 6.39. The summed E-state index contributed by atoms with van der Waals surface area (Å²) in [6.45, 7) is 3.92. The Morgan fingerprint density at radius 3 is 2.00 bits per heavy atom. The van der Waals surface area contributed by atoms with E-state index in [1.807, 2.05) is 18.2 Å².